The summed E-state index contributed by atoms with van der Waals surface area (Å²) >= 11 is 6.77. The number of piperidine rings is 1. The van der Waals surface area contributed by atoms with E-state index in [2.05, 4.69) is 29.2 Å². The molecule has 1 atom stereocenters. The summed E-state index contributed by atoms with van der Waals surface area (Å²) in [4.78, 5) is 36.1. The number of rotatable bonds is 6. The van der Waals surface area contributed by atoms with E-state index in [0.29, 0.717) is 32.2 Å². The number of hydrogen-bond acceptors (Lipinski definition) is 6. The first kappa shape index (κ1) is 24.7. The van der Waals surface area contributed by atoms with Gasteiger partial charge in [-0.1, -0.05) is 67.3 Å². The molecule has 0 radical (unpaired) electrons. The quantitative estimate of drug-likeness (QED) is 0.332. The second-order valence-electron chi connectivity index (χ2n) is 9.51. The number of thiocarbonyl (C=S) groups is 1. The zero-order chi connectivity index (χ0) is 25.2. The van der Waals surface area contributed by atoms with Crippen LogP contribution in [0, 0.1) is 5.92 Å². The molecule has 8 heteroatoms. The van der Waals surface area contributed by atoms with Crippen LogP contribution in [0.5, 0.6) is 0 Å². The molecular weight excluding hydrogens is 488 g/mol. The zero-order valence-corrected chi connectivity index (χ0v) is 22.2. The molecule has 2 saturated heterocycles. The van der Waals surface area contributed by atoms with Gasteiger partial charge in [-0.25, -0.2) is 4.98 Å². The highest BCUT2D eigenvalue weighted by Gasteiger charge is 2.35. The number of pyridine rings is 1. The van der Waals surface area contributed by atoms with E-state index in [9.17, 15) is 9.59 Å². The highest BCUT2D eigenvalue weighted by molar-refractivity contribution is 8.26. The Morgan fingerprint density at radius 1 is 1.11 bits per heavy atom. The number of thioether (sulfide) groups is 1. The van der Waals surface area contributed by atoms with Gasteiger partial charge in [-0.05, 0) is 62.3 Å². The average Bonchev–Trinajstić information content (AvgIpc) is 3.18. The summed E-state index contributed by atoms with van der Waals surface area (Å²) in [5.74, 6) is 1.11. The normalized spacial score (nSPS) is 19.0. The number of anilines is 1. The largest absolute Gasteiger partial charge is 0.356 e. The summed E-state index contributed by atoms with van der Waals surface area (Å²) in [5.41, 5.74) is 2.25. The smallest absolute Gasteiger partial charge is 0.267 e. The van der Waals surface area contributed by atoms with Crippen molar-refractivity contribution < 1.29 is 4.79 Å². The first-order chi connectivity index (χ1) is 17.5. The lowest BCUT2D eigenvalue weighted by Gasteiger charge is -2.33. The van der Waals surface area contributed by atoms with Crippen LogP contribution in [0.2, 0.25) is 0 Å². The van der Waals surface area contributed by atoms with Crippen LogP contribution >= 0.6 is 24.0 Å². The monoisotopic (exact) mass is 518 g/mol. The fourth-order valence-corrected chi connectivity index (χ4v) is 6.37. The minimum atomic E-state index is -0.171. The van der Waals surface area contributed by atoms with E-state index in [1.54, 1.807) is 21.6 Å². The minimum absolute atomic E-state index is 0.0161. The Bertz CT molecular complexity index is 1380. The number of fused-ring (bicyclic) bond motifs is 1. The van der Waals surface area contributed by atoms with Crippen molar-refractivity contribution in [1.82, 2.24) is 14.3 Å². The van der Waals surface area contributed by atoms with Crippen molar-refractivity contribution in [2.45, 2.75) is 45.6 Å². The third-order valence-corrected chi connectivity index (χ3v) is 8.49. The Labute approximate surface area is 221 Å². The van der Waals surface area contributed by atoms with Crippen LogP contribution in [-0.4, -0.2) is 43.6 Å². The van der Waals surface area contributed by atoms with Crippen molar-refractivity contribution in [3.63, 3.8) is 0 Å². The molecule has 0 aliphatic carbocycles. The van der Waals surface area contributed by atoms with E-state index in [1.165, 1.54) is 17.3 Å². The van der Waals surface area contributed by atoms with Gasteiger partial charge >= 0.3 is 0 Å². The number of nitrogens with zero attached hydrogens (tertiary/aromatic N) is 4. The molecule has 4 heterocycles. The SMILES string of the molecule is CCC(C)N1C(=O)C(=Cc2c(N3CCC(Cc4ccccc4)CC3)nc3ccccn3c2=O)SC1=S. The number of carbonyl (C=O) groups is 1. The highest BCUT2D eigenvalue weighted by Crippen LogP contribution is 2.35. The van der Waals surface area contributed by atoms with Gasteiger partial charge in [0.15, 0.2) is 0 Å². The van der Waals surface area contributed by atoms with E-state index in [-0.39, 0.29) is 17.5 Å². The Morgan fingerprint density at radius 2 is 1.83 bits per heavy atom. The summed E-state index contributed by atoms with van der Waals surface area (Å²) in [6, 6.07) is 16.2. The predicted octanol–water partition coefficient (Wildman–Crippen LogP) is 5.15. The molecular formula is C28H30N4O2S2. The molecule has 0 spiro atoms. The first-order valence-electron chi connectivity index (χ1n) is 12.5. The van der Waals surface area contributed by atoms with Crippen molar-refractivity contribution in [3.05, 3.63) is 81.1 Å². The first-order valence-corrected chi connectivity index (χ1v) is 13.8. The van der Waals surface area contributed by atoms with Crippen molar-refractivity contribution >= 4 is 51.7 Å². The van der Waals surface area contributed by atoms with E-state index in [1.807, 2.05) is 38.1 Å². The summed E-state index contributed by atoms with van der Waals surface area (Å²) in [7, 11) is 0. The molecule has 36 heavy (non-hydrogen) atoms. The molecule has 0 saturated carbocycles. The molecule has 5 rings (SSSR count). The Hall–Kier alpha value is -2.97. The Morgan fingerprint density at radius 3 is 2.56 bits per heavy atom. The highest BCUT2D eigenvalue weighted by atomic mass is 32.2. The molecule has 186 valence electrons. The van der Waals surface area contributed by atoms with Crippen molar-refractivity contribution in [2.75, 3.05) is 18.0 Å². The molecule has 0 N–H and O–H groups in total. The molecule has 2 fully saturated rings. The van der Waals surface area contributed by atoms with E-state index >= 15 is 0 Å². The van der Waals surface area contributed by atoms with Crippen LogP contribution in [0.4, 0.5) is 5.82 Å². The van der Waals surface area contributed by atoms with E-state index < -0.39 is 0 Å². The maximum absolute atomic E-state index is 13.6. The third kappa shape index (κ3) is 4.84. The van der Waals surface area contributed by atoms with Gasteiger partial charge in [0.25, 0.3) is 11.5 Å². The average molecular weight is 519 g/mol. The standard InChI is InChI=1S/C28H30N4O2S2/c1-3-19(2)32-27(34)23(36-28(32)35)18-22-25(29-24-11-7-8-14-31(24)26(22)33)30-15-12-21(13-16-30)17-20-9-5-4-6-10-20/h4-11,14,18-19,21H,3,12-13,15-17H2,1-2H3. The molecule has 1 unspecified atom stereocenters. The van der Waals surface area contributed by atoms with Gasteiger partial charge in [0.05, 0.1) is 10.5 Å². The maximum Gasteiger partial charge on any atom is 0.267 e. The van der Waals surface area contributed by atoms with E-state index in [0.717, 1.165) is 38.8 Å². The van der Waals surface area contributed by atoms with Gasteiger partial charge in [0.1, 0.15) is 15.8 Å². The second kappa shape index (κ2) is 10.6. The topological polar surface area (TPSA) is 57.9 Å². The summed E-state index contributed by atoms with van der Waals surface area (Å²) < 4.78 is 2.09. The van der Waals surface area contributed by atoms with Gasteiger partial charge < -0.3 is 4.90 Å². The van der Waals surface area contributed by atoms with Crippen molar-refractivity contribution in [1.29, 1.82) is 0 Å². The van der Waals surface area contributed by atoms with Gasteiger partial charge in [-0.3, -0.25) is 18.9 Å². The van der Waals surface area contributed by atoms with Crippen LogP contribution in [0.1, 0.15) is 44.2 Å². The molecule has 2 aliphatic heterocycles. The molecule has 1 aromatic carbocycles. The third-order valence-electron chi connectivity index (χ3n) is 7.16. The summed E-state index contributed by atoms with van der Waals surface area (Å²) in [6.45, 7) is 5.67. The summed E-state index contributed by atoms with van der Waals surface area (Å²) in [6.07, 6.45) is 7.36. The Balaban J connectivity index is 1.47. The minimum Gasteiger partial charge on any atom is -0.356 e. The number of benzene rings is 1. The Kier molecular flexibility index (Phi) is 7.25. The number of hydrogen-bond donors (Lipinski definition) is 0. The van der Waals surface area contributed by atoms with Crippen LogP contribution in [0.15, 0.2) is 64.4 Å². The van der Waals surface area contributed by atoms with Gasteiger partial charge in [0.2, 0.25) is 0 Å². The fraction of sp³-hybridized carbons (Fsp3) is 0.357. The van der Waals surface area contributed by atoms with Gasteiger partial charge in [-0.2, -0.15) is 0 Å². The molecule has 0 bridgehead atoms. The lowest BCUT2D eigenvalue weighted by Crippen LogP contribution is -2.37. The molecule has 3 aromatic rings. The van der Waals surface area contributed by atoms with Crippen LogP contribution in [-0.2, 0) is 11.2 Å². The van der Waals surface area contributed by atoms with Crippen LogP contribution in [0.25, 0.3) is 11.7 Å². The van der Waals surface area contributed by atoms with Crippen molar-refractivity contribution in [3.8, 4) is 0 Å². The fourth-order valence-electron chi connectivity index (χ4n) is 4.93. The lowest BCUT2D eigenvalue weighted by atomic mass is 9.90. The predicted molar refractivity (Wildman–Crippen MR) is 151 cm³/mol. The second-order valence-corrected chi connectivity index (χ2v) is 11.2. The zero-order valence-electron chi connectivity index (χ0n) is 20.6. The van der Waals surface area contributed by atoms with Crippen LogP contribution in [0.3, 0.4) is 0 Å². The van der Waals surface area contributed by atoms with Gasteiger partial charge in [0, 0.05) is 25.3 Å². The number of aromatic nitrogens is 2. The number of amides is 1. The molecule has 2 aromatic heterocycles. The summed E-state index contributed by atoms with van der Waals surface area (Å²) in [5, 5.41) is 0. The lowest BCUT2D eigenvalue weighted by molar-refractivity contribution is -0.123. The van der Waals surface area contributed by atoms with Crippen LogP contribution < -0.4 is 10.5 Å². The van der Waals surface area contributed by atoms with Crippen molar-refractivity contribution in [2.24, 2.45) is 5.92 Å². The van der Waals surface area contributed by atoms with Gasteiger partial charge in [-0.15, -0.1) is 0 Å². The molecule has 2 aliphatic rings. The molecule has 6 nitrogen and oxygen atoms in total. The number of carbonyl (C=O) groups excluding carboxylic acids is 1. The maximum atomic E-state index is 13.6. The van der Waals surface area contributed by atoms with E-state index in [4.69, 9.17) is 17.2 Å². The molecule has 1 amide bonds.